The molecule has 0 aliphatic rings. The summed E-state index contributed by atoms with van der Waals surface area (Å²) in [5, 5.41) is 9.62. The molecular formula is C27H24N2O5. The molecule has 7 nitrogen and oxygen atoms in total. The van der Waals surface area contributed by atoms with Crippen LogP contribution in [0.15, 0.2) is 97.2 Å². The summed E-state index contributed by atoms with van der Waals surface area (Å²) < 4.78 is 11.4. The fourth-order valence-corrected chi connectivity index (χ4v) is 3.94. The summed E-state index contributed by atoms with van der Waals surface area (Å²) >= 11 is 0. The molecule has 34 heavy (non-hydrogen) atoms. The molecule has 0 radical (unpaired) electrons. The molecule has 0 unspecified atom stereocenters. The average molecular weight is 456 g/mol. The van der Waals surface area contributed by atoms with Gasteiger partial charge in [-0.3, -0.25) is 4.84 Å². The summed E-state index contributed by atoms with van der Waals surface area (Å²) in [6, 6.07) is 27.8. The van der Waals surface area contributed by atoms with Gasteiger partial charge in [-0.1, -0.05) is 72.8 Å². The van der Waals surface area contributed by atoms with Crippen LogP contribution in [-0.4, -0.2) is 30.3 Å². The minimum atomic E-state index is -1.25. The Bertz CT molecular complexity index is 1220. The quantitative estimate of drug-likeness (QED) is 0.266. The van der Waals surface area contributed by atoms with E-state index < -0.39 is 11.6 Å². The standard InChI is InChI=1S/C27H24N2O5/c1-32-23-17-9-16-22(24(23)33-2)27(19-11-5-3-6-12-19,20-13-7-4-8-14-20)34-29-25-21(26(30)31)15-10-18-28-25/h3-18H,1-2H3,(H,28,29)(H,30,31). The number of ether oxygens (including phenoxy) is 2. The number of nitrogens with one attached hydrogen (secondary N) is 1. The van der Waals surface area contributed by atoms with Crippen molar-refractivity contribution in [3.8, 4) is 11.5 Å². The highest BCUT2D eigenvalue weighted by molar-refractivity contribution is 5.92. The molecular weight excluding hydrogens is 432 g/mol. The lowest BCUT2D eigenvalue weighted by Gasteiger charge is -2.36. The third-order valence-corrected chi connectivity index (χ3v) is 5.48. The van der Waals surface area contributed by atoms with Crippen LogP contribution in [0.25, 0.3) is 0 Å². The molecule has 172 valence electrons. The van der Waals surface area contributed by atoms with E-state index in [-0.39, 0.29) is 11.4 Å². The Hall–Kier alpha value is -4.36. The van der Waals surface area contributed by atoms with Gasteiger partial charge in [0.1, 0.15) is 5.56 Å². The van der Waals surface area contributed by atoms with E-state index in [2.05, 4.69) is 10.5 Å². The number of carbonyl (C=O) groups is 1. The highest BCUT2D eigenvalue weighted by Gasteiger charge is 2.42. The van der Waals surface area contributed by atoms with Crippen LogP contribution in [0.2, 0.25) is 0 Å². The minimum Gasteiger partial charge on any atom is -0.493 e. The summed E-state index contributed by atoms with van der Waals surface area (Å²) in [6.07, 6.45) is 1.50. The minimum absolute atomic E-state index is 0.0184. The fraction of sp³-hybridized carbons (Fsp3) is 0.111. The first-order valence-electron chi connectivity index (χ1n) is 10.6. The molecule has 0 bridgehead atoms. The van der Waals surface area contributed by atoms with Crippen LogP contribution in [0.3, 0.4) is 0 Å². The predicted molar refractivity (Wildman–Crippen MR) is 128 cm³/mol. The van der Waals surface area contributed by atoms with E-state index in [1.165, 1.54) is 12.3 Å². The van der Waals surface area contributed by atoms with E-state index in [9.17, 15) is 9.90 Å². The lowest BCUT2D eigenvalue weighted by Crippen LogP contribution is -2.36. The average Bonchev–Trinajstić information content (AvgIpc) is 2.90. The zero-order valence-electron chi connectivity index (χ0n) is 18.8. The highest BCUT2D eigenvalue weighted by atomic mass is 16.7. The molecule has 0 amide bonds. The Kier molecular flexibility index (Phi) is 6.75. The van der Waals surface area contributed by atoms with Gasteiger partial charge in [-0.05, 0) is 29.3 Å². The third-order valence-electron chi connectivity index (χ3n) is 5.48. The number of anilines is 1. The van der Waals surface area contributed by atoms with Crippen LogP contribution in [0, 0.1) is 0 Å². The Morgan fingerprint density at radius 1 is 0.824 bits per heavy atom. The van der Waals surface area contributed by atoms with Crippen LogP contribution < -0.4 is 15.0 Å². The van der Waals surface area contributed by atoms with Gasteiger partial charge in [0.15, 0.2) is 22.9 Å². The SMILES string of the molecule is COc1cccc(C(ONc2ncccc2C(=O)O)(c2ccccc2)c2ccccc2)c1OC. The molecule has 0 fully saturated rings. The van der Waals surface area contributed by atoms with Gasteiger partial charge in [0, 0.05) is 11.8 Å². The lowest BCUT2D eigenvalue weighted by molar-refractivity contribution is 0.0515. The summed E-state index contributed by atoms with van der Waals surface area (Å²) in [5.74, 6) is -0.0285. The second kappa shape index (κ2) is 10.1. The maximum Gasteiger partial charge on any atom is 0.339 e. The number of carboxylic acids is 1. The zero-order chi connectivity index (χ0) is 24.0. The Balaban J connectivity index is 1.99. The Labute approximate surface area is 197 Å². The van der Waals surface area contributed by atoms with Crippen molar-refractivity contribution >= 4 is 11.8 Å². The maximum absolute atomic E-state index is 11.8. The molecule has 0 aliphatic heterocycles. The largest absolute Gasteiger partial charge is 0.493 e. The molecule has 2 N–H and O–H groups in total. The van der Waals surface area contributed by atoms with Gasteiger partial charge in [0.25, 0.3) is 0 Å². The number of rotatable bonds is 9. The van der Waals surface area contributed by atoms with Crippen molar-refractivity contribution in [3.63, 3.8) is 0 Å². The van der Waals surface area contributed by atoms with Gasteiger partial charge in [-0.25, -0.2) is 15.3 Å². The molecule has 0 saturated carbocycles. The smallest absolute Gasteiger partial charge is 0.339 e. The van der Waals surface area contributed by atoms with Gasteiger partial charge in [-0.2, -0.15) is 0 Å². The van der Waals surface area contributed by atoms with E-state index in [0.717, 1.165) is 11.1 Å². The summed E-state index contributed by atoms with van der Waals surface area (Å²) in [5.41, 5.74) is 3.79. The summed E-state index contributed by atoms with van der Waals surface area (Å²) in [6.45, 7) is 0. The van der Waals surface area contributed by atoms with E-state index in [4.69, 9.17) is 14.3 Å². The number of benzene rings is 3. The number of carboxylic acid groups (broad SMARTS) is 1. The lowest BCUT2D eigenvalue weighted by atomic mass is 9.79. The number of hydrogen-bond donors (Lipinski definition) is 2. The van der Waals surface area contributed by atoms with Gasteiger partial charge in [0.2, 0.25) is 0 Å². The van der Waals surface area contributed by atoms with E-state index in [1.807, 2.05) is 72.8 Å². The van der Waals surface area contributed by atoms with Crippen molar-refractivity contribution in [1.29, 1.82) is 0 Å². The van der Waals surface area contributed by atoms with Gasteiger partial charge in [-0.15, -0.1) is 0 Å². The Morgan fingerprint density at radius 2 is 1.47 bits per heavy atom. The summed E-state index contributed by atoms with van der Waals surface area (Å²) in [7, 11) is 3.14. The number of aromatic carboxylic acids is 1. The molecule has 7 heteroatoms. The van der Waals surface area contributed by atoms with Crippen LogP contribution in [0.1, 0.15) is 27.0 Å². The second-order valence-electron chi connectivity index (χ2n) is 7.36. The van der Waals surface area contributed by atoms with Crippen LogP contribution in [0.5, 0.6) is 11.5 Å². The predicted octanol–water partition coefficient (Wildman–Crippen LogP) is 5.13. The van der Waals surface area contributed by atoms with Gasteiger partial charge < -0.3 is 14.6 Å². The third kappa shape index (κ3) is 4.16. The van der Waals surface area contributed by atoms with E-state index in [1.54, 1.807) is 26.4 Å². The van der Waals surface area contributed by atoms with Crippen LogP contribution in [0.4, 0.5) is 5.82 Å². The molecule has 0 aliphatic carbocycles. The molecule has 4 rings (SSSR count). The normalized spacial score (nSPS) is 11.0. The first-order chi connectivity index (χ1) is 16.6. The van der Waals surface area contributed by atoms with Crippen molar-refractivity contribution < 1.29 is 24.2 Å². The number of nitrogens with zero attached hydrogens (tertiary/aromatic N) is 1. The van der Waals surface area contributed by atoms with Crippen molar-refractivity contribution in [3.05, 3.63) is 119 Å². The number of pyridine rings is 1. The number of para-hydroxylation sites is 1. The molecule has 0 saturated heterocycles. The summed E-state index contributed by atoms with van der Waals surface area (Å²) in [4.78, 5) is 22.5. The molecule has 1 heterocycles. The maximum atomic E-state index is 11.8. The van der Waals surface area contributed by atoms with Crippen molar-refractivity contribution in [2.75, 3.05) is 19.7 Å². The molecule has 3 aromatic carbocycles. The van der Waals surface area contributed by atoms with Crippen LogP contribution >= 0.6 is 0 Å². The van der Waals surface area contributed by atoms with Gasteiger partial charge >= 0.3 is 5.97 Å². The topological polar surface area (TPSA) is 89.9 Å². The number of hydrogen-bond acceptors (Lipinski definition) is 6. The number of methoxy groups -OCH3 is 2. The highest BCUT2D eigenvalue weighted by Crippen LogP contribution is 2.47. The molecule has 4 aromatic rings. The van der Waals surface area contributed by atoms with Crippen LogP contribution in [-0.2, 0) is 10.4 Å². The molecule has 0 atom stereocenters. The molecule has 1 aromatic heterocycles. The second-order valence-corrected chi connectivity index (χ2v) is 7.36. The zero-order valence-corrected chi connectivity index (χ0v) is 18.8. The molecule has 0 spiro atoms. The van der Waals surface area contributed by atoms with Crippen molar-refractivity contribution in [1.82, 2.24) is 4.98 Å². The Morgan fingerprint density at radius 3 is 2.03 bits per heavy atom. The van der Waals surface area contributed by atoms with E-state index in [0.29, 0.717) is 17.1 Å². The fourth-order valence-electron chi connectivity index (χ4n) is 3.94. The van der Waals surface area contributed by atoms with E-state index >= 15 is 0 Å². The first-order valence-corrected chi connectivity index (χ1v) is 10.6. The number of aromatic nitrogens is 1. The monoisotopic (exact) mass is 456 g/mol. The van der Waals surface area contributed by atoms with Gasteiger partial charge in [0.05, 0.1) is 14.2 Å². The van der Waals surface area contributed by atoms with Crippen molar-refractivity contribution in [2.24, 2.45) is 0 Å². The first kappa shape index (κ1) is 22.8. The van der Waals surface area contributed by atoms with Crippen molar-refractivity contribution in [2.45, 2.75) is 5.60 Å².